The van der Waals surface area contributed by atoms with Crippen molar-refractivity contribution in [2.24, 2.45) is 0 Å². The van der Waals surface area contributed by atoms with E-state index < -0.39 is 11.5 Å². The first-order chi connectivity index (χ1) is 14.4. The second kappa shape index (κ2) is 10.1. The molecule has 0 aromatic heterocycles. The number of ether oxygens (including phenoxy) is 5. The van der Waals surface area contributed by atoms with Crippen LogP contribution in [0.3, 0.4) is 0 Å². The number of rotatable bonds is 7. The Morgan fingerprint density at radius 3 is 2.29 bits per heavy atom. The minimum absolute atomic E-state index is 0. The summed E-state index contributed by atoms with van der Waals surface area (Å²) in [7, 11) is 8.17. The number of methoxy groups -OCH3 is 3. The Hall–Kier alpha value is -2.71. The number of carbonyl (C=O) groups is 1. The molecule has 170 valence electrons. The summed E-state index contributed by atoms with van der Waals surface area (Å²) < 4.78 is 41.2. The maximum absolute atomic E-state index is 14.0. The van der Waals surface area contributed by atoms with Crippen molar-refractivity contribution < 1.29 is 32.9 Å². The molecule has 1 atom stereocenters. The molecule has 0 bridgehead atoms. The summed E-state index contributed by atoms with van der Waals surface area (Å²) in [6.07, 6.45) is 0.541. The van der Waals surface area contributed by atoms with Gasteiger partial charge in [-0.05, 0) is 44.4 Å². The monoisotopic (exact) mass is 455 g/mol. The second-order valence-electron chi connectivity index (χ2n) is 7.16. The predicted molar refractivity (Wildman–Crippen MR) is 116 cm³/mol. The van der Waals surface area contributed by atoms with Crippen molar-refractivity contribution in [1.82, 2.24) is 4.90 Å². The van der Waals surface area contributed by atoms with Gasteiger partial charge >= 0.3 is 5.97 Å². The van der Waals surface area contributed by atoms with Crippen LogP contribution in [0.5, 0.6) is 23.0 Å². The van der Waals surface area contributed by atoms with Gasteiger partial charge in [0.2, 0.25) is 5.75 Å². The third-order valence-corrected chi connectivity index (χ3v) is 5.41. The summed E-state index contributed by atoms with van der Waals surface area (Å²) in [4.78, 5) is 14.8. The van der Waals surface area contributed by atoms with E-state index in [1.165, 1.54) is 45.6 Å². The van der Waals surface area contributed by atoms with Gasteiger partial charge in [-0.15, -0.1) is 12.4 Å². The van der Waals surface area contributed by atoms with Crippen LogP contribution in [0.25, 0.3) is 0 Å². The minimum Gasteiger partial charge on any atom is -0.493 e. The van der Waals surface area contributed by atoms with E-state index in [9.17, 15) is 9.18 Å². The van der Waals surface area contributed by atoms with E-state index in [1.54, 1.807) is 6.07 Å². The quantitative estimate of drug-likeness (QED) is 0.590. The fraction of sp³-hybridized carbons (Fsp3) is 0.409. The average Bonchev–Trinajstić information content (AvgIpc) is 2.76. The highest BCUT2D eigenvalue weighted by molar-refractivity contribution is 5.91. The van der Waals surface area contributed by atoms with E-state index in [2.05, 4.69) is 0 Å². The molecule has 1 heterocycles. The third-order valence-electron chi connectivity index (χ3n) is 5.41. The Balaban J connectivity index is 0.00000341. The van der Waals surface area contributed by atoms with Crippen LogP contribution >= 0.6 is 12.4 Å². The Kier molecular flexibility index (Phi) is 7.97. The van der Waals surface area contributed by atoms with Crippen molar-refractivity contribution >= 4 is 18.4 Å². The number of likely N-dealkylation sites (N-methyl/N-ethyl adjacent to an activating group) is 1. The average molecular weight is 456 g/mol. The molecule has 0 radical (unpaired) electrons. The highest BCUT2D eigenvalue weighted by Gasteiger charge is 2.41. The summed E-state index contributed by atoms with van der Waals surface area (Å²) >= 11 is 0. The number of esters is 1. The van der Waals surface area contributed by atoms with Gasteiger partial charge in [0.05, 0.1) is 39.0 Å². The van der Waals surface area contributed by atoms with E-state index >= 15 is 0 Å². The van der Waals surface area contributed by atoms with Crippen LogP contribution in [0.4, 0.5) is 4.39 Å². The lowest BCUT2D eigenvalue weighted by molar-refractivity contribution is -0.00293. The van der Waals surface area contributed by atoms with Crippen LogP contribution in [-0.2, 0) is 10.3 Å². The molecular formula is C22H27ClFNO6. The zero-order valence-corrected chi connectivity index (χ0v) is 19.0. The van der Waals surface area contributed by atoms with Gasteiger partial charge in [0.1, 0.15) is 18.2 Å². The van der Waals surface area contributed by atoms with Crippen LogP contribution in [0.1, 0.15) is 22.3 Å². The van der Waals surface area contributed by atoms with Crippen LogP contribution < -0.4 is 18.9 Å². The molecule has 0 saturated carbocycles. The minimum atomic E-state index is -0.716. The normalized spacial score (nSPS) is 17.1. The lowest BCUT2D eigenvalue weighted by Gasteiger charge is -2.43. The molecule has 0 fully saturated rings. The topological polar surface area (TPSA) is 66.5 Å². The Bertz CT molecular complexity index is 913. The number of hydrogen-bond donors (Lipinski definition) is 0. The number of hydrogen-bond acceptors (Lipinski definition) is 7. The smallest absolute Gasteiger partial charge is 0.338 e. The number of carbonyl (C=O) groups excluding carboxylic acids is 1. The Labute approximate surface area is 187 Å². The fourth-order valence-electron chi connectivity index (χ4n) is 3.67. The zero-order valence-electron chi connectivity index (χ0n) is 18.2. The van der Waals surface area contributed by atoms with Gasteiger partial charge in [0.25, 0.3) is 0 Å². The van der Waals surface area contributed by atoms with Crippen molar-refractivity contribution in [2.45, 2.75) is 12.0 Å². The Morgan fingerprint density at radius 1 is 1.10 bits per heavy atom. The van der Waals surface area contributed by atoms with Crippen LogP contribution in [-0.4, -0.2) is 59.5 Å². The summed E-state index contributed by atoms with van der Waals surface area (Å²) in [5.74, 6) is 0.742. The van der Waals surface area contributed by atoms with Gasteiger partial charge < -0.3 is 23.7 Å². The lowest BCUT2D eigenvalue weighted by Crippen LogP contribution is -2.49. The van der Waals surface area contributed by atoms with Crippen LogP contribution in [0.2, 0.25) is 0 Å². The molecule has 3 rings (SSSR count). The molecule has 1 aliphatic heterocycles. The SMILES string of the molecule is COc1cc(C(=O)OCC2(N(C)C)CCOc3ccc(F)cc32)cc(OC)c1OC.Cl. The van der Waals surface area contributed by atoms with E-state index in [0.29, 0.717) is 41.6 Å². The highest BCUT2D eigenvalue weighted by Crippen LogP contribution is 2.42. The predicted octanol–water partition coefficient (Wildman–Crippen LogP) is 3.67. The molecule has 0 saturated heterocycles. The molecular weight excluding hydrogens is 429 g/mol. The summed E-state index contributed by atoms with van der Waals surface area (Å²) in [6, 6.07) is 7.45. The first-order valence-electron chi connectivity index (χ1n) is 9.43. The third kappa shape index (κ3) is 4.65. The number of nitrogens with zero attached hydrogens (tertiary/aromatic N) is 1. The zero-order chi connectivity index (χ0) is 21.9. The van der Waals surface area contributed by atoms with Gasteiger partial charge in [-0.25, -0.2) is 9.18 Å². The van der Waals surface area contributed by atoms with Crippen molar-refractivity contribution in [1.29, 1.82) is 0 Å². The fourth-order valence-corrected chi connectivity index (χ4v) is 3.67. The molecule has 1 unspecified atom stereocenters. The molecule has 0 N–H and O–H groups in total. The Morgan fingerprint density at radius 2 is 1.74 bits per heavy atom. The maximum atomic E-state index is 14.0. The van der Waals surface area contributed by atoms with Crippen LogP contribution in [0.15, 0.2) is 30.3 Å². The van der Waals surface area contributed by atoms with Crippen LogP contribution in [0, 0.1) is 5.82 Å². The van der Waals surface area contributed by atoms with Gasteiger partial charge in [0, 0.05) is 12.0 Å². The van der Waals surface area contributed by atoms with Crippen molar-refractivity contribution in [3.8, 4) is 23.0 Å². The van der Waals surface area contributed by atoms with Gasteiger partial charge in [-0.1, -0.05) is 0 Å². The maximum Gasteiger partial charge on any atom is 0.338 e. The summed E-state index contributed by atoms with van der Waals surface area (Å²) in [6.45, 7) is 0.452. The largest absolute Gasteiger partial charge is 0.493 e. The van der Waals surface area contributed by atoms with E-state index in [0.717, 1.165) is 0 Å². The molecule has 0 amide bonds. The standard InChI is InChI=1S/C22H26FNO6.ClH/c1-24(2)22(8-9-29-17-7-6-15(23)12-16(17)22)13-30-21(25)14-10-18(26-3)20(28-5)19(11-14)27-4;/h6-7,10-12H,8-9,13H2,1-5H3;1H. The van der Waals surface area contributed by atoms with Gasteiger partial charge in [-0.2, -0.15) is 0 Å². The molecule has 2 aromatic carbocycles. The van der Waals surface area contributed by atoms with E-state index in [4.69, 9.17) is 23.7 Å². The molecule has 2 aromatic rings. The van der Waals surface area contributed by atoms with E-state index in [-0.39, 0.29) is 30.4 Å². The molecule has 7 nitrogen and oxygen atoms in total. The van der Waals surface area contributed by atoms with E-state index in [1.807, 2.05) is 19.0 Å². The highest BCUT2D eigenvalue weighted by atomic mass is 35.5. The first kappa shape index (κ1) is 24.6. The summed E-state index contributed by atoms with van der Waals surface area (Å²) in [5, 5.41) is 0. The second-order valence-corrected chi connectivity index (χ2v) is 7.16. The molecule has 9 heteroatoms. The number of halogens is 2. The number of fused-ring (bicyclic) bond motifs is 1. The molecule has 1 aliphatic rings. The van der Waals surface area contributed by atoms with Crippen molar-refractivity contribution in [2.75, 3.05) is 48.6 Å². The molecule has 0 spiro atoms. The van der Waals surface area contributed by atoms with Crippen molar-refractivity contribution in [3.05, 3.63) is 47.3 Å². The summed E-state index contributed by atoms with van der Waals surface area (Å²) in [5.41, 5.74) is 0.188. The number of benzene rings is 2. The first-order valence-corrected chi connectivity index (χ1v) is 9.43. The van der Waals surface area contributed by atoms with Gasteiger partial charge in [0.15, 0.2) is 11.5 Å². The van der Waals surface area contributed by atoms with Gasteiger partial charge in [-0.3, -0.25) is 4.90 Å². The lowest BCUT2D eigenvalue weighted by atomic mass is 9.84. The molecule has 0 aliphatic carbocycles. The van der Waals surface area contributed by atoms with Crippen molar-refractivity contribution in [3.63, 3.8) is 0 Å². The molecule has 31 heavy (non-hydrogen) atoms.